The zero-order valence-corrected chi connectivity index (χ0v) is 22.0. The molecule has 1 atom stereocenters. The van der Waals surface area contributed by atoms with Crippen LogP contribution in [0.5, 0.6) is 0 Å². The Balaban J connectivity index is 0.00000186. The van der Waals surface area contributed by atoms with Crippen LogP contribution in [0.1, 0.15) is 53.4 Å². The fourth-order valence-electron chi connectivity index (χ4n) is 4.61. The number of carboxylic acid groups (broad SMARTS) is 1. The molecule has 0 saturated carbocycles. The Bertz CT molecular complexity index is 1340. The second-order valence-electron chi connectivity index (χ2n) is 8.69. The van der Waals surface area contributed by atoms with Crippen LogP contribution in [0.4, 0.5) is 10.1 Å². The maximum absolute atomic E-state index is 15.9. The average Bonchev–Trinajstić information content (AvgIpc) is 3.27. The van der Waals surface area contributed by atoms with Crippen molar-refractivity contribution in [3.05, 3.63) is 84.2 Å². The van der Waals surface area contributed by atoms with Crippen molar-refractivity contribution in [2.45, 2.75) is 59.0 Å². The third kappa shape index (κ3) is 5.18. The lowest BCUT2D eigenvalue weighted by molar-refractivity contribution is -0.148. The van der Waals surface area contributed by atoms with Crippen molar-refractivity contribution in [1.29, 1.82) is 0 Å². The molecule has 0 saturated heterocycles. The third-order valence-electron chi connectivity index (χ3n) is 6.48. The molecule has 4 aromatic rings. The van der Waals surface area contributed by atoms with Crippen molar-refractivity contribution in [2.75, 3.05) is 5.01 Å². The Morgan fingerprint density at radius 3 is 1.92 bits per heavy atom. The second kappa shape index (κ2) is 11.9. The molecule has 4 rings (SSSR count). The summed E-state index contributed by atoms with van der Waals surface area (Å²) in [6.45, 7) is 7.62. The zero-order valence-electron chi connectivity index (χ0n) is 22.0. The summed E-state index contributed by atoms with van der Waals surface area (Å²) in [5, 5.41) is 13.2. The number of aromatic nitrogens is 1. The number of allylic oxidation sites excluding steroid dienone is 1. The number of halogens is 1. The molecular formula is C30H37FN4O2. The Morgan fingerprint density at radius 1 is 0.946 bits per heavy atom. The van der Waals surface area contributed by atoms with Gasteiger partial charge in [0.15, 0.2) is 0 Å². The summed E-state index contributed by atoms with van der Waals surface area (Å²) >= 11 is 0. The van der Waals surface area contributed by atoms with Gasteiger partial charge in [0.05, 0.1) is 16.7 Å². The highest BCUT2D eigenvalue weighted by Crippen LogP contribution is 2.36. The SMILES string of the molecule is CC.CCCCC(F)(C(=O)O)/C(=C(/N)CC)N(N)c1ccc(-n2c3ccccc3c3ccccc32)cc1. The third-order valence-corrected chi connectivity index (χ3v) is 6.48. The topological polar surface area (TPSA) is 97.5 Å². The predicted octanol–water partition coefficient (Wildman–Crippen LogP) is 7.05. The minimum atomic E-state index is -2.68. The number of nitrogens with two attached hydrogens (primary N) is 2. The van der Waals surface area contributed by atoms with Crippen molar-refractivity contribution in [3.8, 4) is 5.69 Å². The molecule has 0 aliphatic heterocycles. The summed E-state index contributed by atoms with van der Waals surface area (Å²) in [7, 11) is 0. The van der Waals surface area contributed by atoms with E-state index in [1.165, 1.54) is 0 Å². The lowest BCUT2D eigenvalue weighted by Gasteiger charge is -2.32. The lowest BCUT2D eigenvalue weighted by Crippen LogP contribution is -2.48. The standard InChI is InChI=1S/C28H31FN4O2.C2H6/c1-3-5-18-28(29,27(34)35)26(23(30)4-2)33(31)20-16-14-19(15-17-20)32-24-12-8-6-10-21(24)22-11-7-9-13-25(22)32;1-2/h6-17H,3-5,18,30-31H2,1-2H3,(H,34,35);1-2H3/b26-23-;. The molecule has 0 aliphatic rings. The fourth-order valence-corrected chi connectivity index (χ4v) is 4.61. The first kappa shape index (κ1) is 27.7. The molecule has 196 valence electrons. The van der Waals surface area contributed by atoms with Crippen LogP contribution in [0.2, 0.25) is 0 Å². The quantitative estimate of drug-likeness (QED) is 0.168. The fraction of sp³-hybridized carbons (Fsp3) is 0.300. The number of hydrogen-bond donors (Lipinski definition) is 3. The molecule has 6 nitrogen and oxygen atoms in total. The van der Waals surface area contributed by atoms with Crippen molar-refractivity contribution in [1.82, 2.24) is 4.57 Å². The molecule has 0 radical (unpaired) electrons. The lowest BCUT2D eigenvalue weighted by atomic mass is 9.92. The molecule has 0 bridgehead atoms. The number of anilines is 1. The number of benzene rings is 3. The highest BCUT2D eigenvalue weighted by atomic mass is 19.1. The Kier molecular flexibility index (Phi) is 8.95. The van der Waals surface area contributed by atoms with Crippen LogP contribution in [0.15, 0.2) is 84.2 Å². The number of alkyl halides is 1. The Morgan fingerprint density at radius 2 is 1.46 bits per heavy atom. The predicted molar refractivity (Wildman–Crippen MR) is 151 cm³/mol. The van der Waals surface area contributed by atoms with E-state index in [0.717, 1.165) is 32.5 Å². The van der Waals surface area contributed by atoms with Gasteiger partial charge in [-0.15, -0.1) is 0 Å². The van der Waals surface area contributed by atoms with E-state index in [2.05, 4.69) is 28.8 Å². The normalized spacial score (nSPS) is 13.5. The van der Waals surface area contributed by atoms with Crippen LogP contribution >= 0.6 is 0 Å². The van der Waals surface area contributed by atoms with Gasteiger partial charge in [0.2, 0.25) is 5.67 Å². The minimum Gasteiger partial charge on any atom is -0.479 e. The molecule has 1 heterocycles. The van der Waals surface area contributed by atoms with Crippen molar-refractivity contribution in [2.24, 2.45) is 11.6 Å². The van der Waals surface area contributed by atoms with Gasteiger partial charge in [-0.25, -0.2) is 15.0 Å². The first-order valence-electron chi connectivity index (χ1n) is 12.9. The first-order chi connectivity index (χ1) is 17.8. The number of carbonyl (C=O) groups is 1. The van der Waals surface area contributed by atoms with E-state index in [0.29, 0.717) is 18.5 Å². The van der Waals surface area contributed by atoms with Gasteiger partial charge in [0, 0.05) is 22.2 Å². The average molecular weight is 505 g/mol. The zero-order chi connectivity index (χ0) is 27.2. The maximum Gasteiger partial charge on any atom is 0.347 e. The van der Waals surface area contributed by atoms with E-state index in [1.54, 1.807) is 19.1 Å². The number of hydrazine groups is 1. The number of fused-ring (bicyclic) bond motifs is 3. The largest absolute Gasteiger partial charge is 0.479 e. The van der Waals surface area contributed by atoms with Crippen molar-refractivity contribution < 1.29 is 14.3 Å². The Hall–Kier alpha value is -3.84. The summed E-state index contributed by atoms with van der Waals surface area (Å²) in [5.41, 5.74) is 6.82. The molecule has 5 N–H and O–H groups in total. The molecule has 1 unspecified atom stereocenters. The van der Waals surface area contributed by atoms with Gasteiger partial charge >= 0.3 is 5.97 Å². The van der Waals surface area contributed by atoms with Crippen LogP contribution in [0, 0.1) is 0 Å². The number of aliphatic carboxylic acids is 1. The molecule has 0 amide bonds. The summed E-state index contributed by atoms with van der Waals surface area (Å²) < 4.78 is 18.1. The van der Waals surface area contributed by atoms with E-state index in [4.69, 9.17) is 11.6 Å². The van der Waals surface area contributed by atoms with Crippen LogP contribution in [-0.2, 0) is 4.79 Å². The smallest absolute Gasteiger partial charge is 0.347 e. The van der Waals surface area contributed by atoms with Gasteiger partial charge in [-0.05, 0) is 55.7 Å². The van der Waals surface area contributed by atoms with Crippen LogP contribution in [-0.4, -0.2) is 21.3 Å². The second-order valence-corrected chi connectivity index (χ2v) is 8.69. The van der Waals surface area contributed by atoms with Crippen molar-refractivity contribution in [3.63, 3.8) is 0 Å². The van der Waals surface area contributed by atoms with E-state index in [-0.39, 0.29) is 24.2 Å². The number of para-hydroxylation sites is 2. The van der Waals surface area contributed by atoms with Crippen molar-refractivity contribution >= 4 is 33.5 Å². The molecule has 7 heteroatoms. The maximum atomic E-state index is 15.9. The van der Waals surface area contributed by atoms with Crippen LogP contribution < -0.4 is 16.6 Å². The number of hydrogen-bond acceptors (Lipinski definition) is 4. The molecule has 0 fully saturated rings. The molecular weight excluding hydrogens is 467 g/mol. The molecule has 0 aliphatic carbocycles. The number of carboxylic acids is 1. The van der Waals surface area contributed by atoms with Gasteiger partial charge in [0.25, 0.3) is 0 Å². The summed E-state index contributed by atoms with van der Waals surface area (Å²) in [5.74, 6) is 4.76. The minimum absolute atomic E-state index is 0.111. The van der Waals surface area contributed by atoms with Gasteiger partial charge in [-0.3, -0.25) is 5.01 Å². The van der Waals surface area contributed by atoms with Gasteiger partial charge in [0.1, 0.15) is 5.70 Å². The number of unbranched alkanes of at least 4 members (excludes halogenated alkanes) is 1. The van der Waals surface area contributed by atoms with Gasteiger partial charge in [-0.1, -0.05) is 70.5 Å². The molecule has 37 heavy (non-hydrogen) atoms. The summed E-state index contributed by atoms with van der Waals surface area (Å²) in [6, 6.07) is 23.7. The van der Waals surface area contributed by atoms with Gasteiger partial charge < -0.3 is 15.4 Å². The highest BCUT2D eigenvalue weighted by Gasteiger charge is 2.46. The molecule has 3 aromatic carbocycles. The van der Waals surface area contributed by atoms with Crippen LogP contribution in [0.3, 0.4) is 0 Å². The first-order valence-corrected chi connectivity index (χ1v) is 12.9. The summed E-state index contributed by atoms with van der Waals surface area (Å²) in [6.07, 6.45) is 1.11. The number of rotatable bonds is 9. The Labute approximate surface area is 217 Å². The molecule has 1 aromatic heterocycles. The van der Waals surface area contributed by atoms with Crippen LogP contribution in [0.25, 0.3) is 27.5 Å². The highest BCUT2D eigenvalue weighted by molar-refractivity contribution is 6.09. The van der Waals surface area contributed by atoms with E-state index < -0.39 is 11.6 Å². The van der Waals surface area contributed by atoms with Gasteiger partial charge in [-0.2, -0.15) is 0 Å². The van der Waals surface area contributed by atoms with E-state index in [1.807, 2.05) is 57.2 Å². The summed E-state index contributed by atoms with van der Waals surface area (Å²) in [4.78, 5) is 12.0. The van der Waals surface area contributed by atoms with E-state index >= 15 is 4.39 Å². The number of nitrogens with zero attached hydrogens (tertiary/aromatic N) is 2. The van der Waals surface area contributed by atoms with E-state index in [9.17, 15) is 9.90 Å². The molecule has 0 spiro atoms. The monoisotopic (exact) mass is 504 g/mol.